The molecule has 0 aliphatic heterocycles. The molecule has 0 heterocycles. The van der Waals surface area contributed by atoms with E-state index in [-0.39, 0.29) is 29.1 Å². The first-order chi connectivity index (χ1) is 33.4. The first-order valence-electron chi connectivity index (χ1n) is 25.1. The maximum absolute atomic E-state index is 11.6. The van der Waals surface area contributed by atoms with E-state index in [1.807, 2.05) is 58.9 Å². The second-order valence-corrected chi connectivity index (χ2v) is 19.3. The second-order valence-electron chi connectivity index (χ2n) is 19.3. The van der Waals surface area contributed by atoms with Crippen molar-refractivity contribution in [3.8, 4) is 0 Å². The van der Waals surface area contributed by atoms with E-state index in [2.05, 4.69) is 87.9 Å². The van der Waals surface area contributed by atoms with E-state index in [1.54, 1.807) is 45.0 Å². The Kier molecular flexibility index (Phi) is 30.5. The third kappa shape index (κ3) is 26.6. The van der Waals surface area contributed by atoms with Gasteiger partial charge in [0.05, 0.1) is 19.6 Å². The molecule has 0 amide bonds. The van der Waals surface area contributed by atoms with E-state index in [0.29, 0.717) is 42.3 Å². The van der Waals surface area contributed by atoms with Crippen LogP contribution in [0, 0.1) is 40.5 Å². The van der Waals surface area contributed by atoms with E-state index in [1.165, 1.54) is 66.0 Å². The van der Waals surface area contributed by atoms with E-state index in [9.17, 15) is 19.2 Å². The van der Waals surface area contributed by atoms with Crippen LogP contribution in [-0.2, 0) is 34.1 Å². The van der Waals surface area contributed by atoms with Gasteiger partial charge in [0.2, 0.25) is 0 Å². The number of hydrogen-bond acceptors (Lipinski definition) is 10. The molecular weight excluding hydrogens is 890 g/mol. The standard InChI is InChI=1S/C15H22O2.C15H20O.C8H12O.2C7H9BO2.C7H12O2/c1-6-17-14(16)10-15(4,5)13-8-7-11(2)9-12(13)3;1-11-7-9-13(10-8-11)15-6-4-3-5-14(15)12(2)16;1-7(9)8-5-3-2-4-6-8;2*1-6-2-4-7(5-3-6)8(9)10;1-4-9-7(8)5-6(2)3/h7-9H,6,10H2,1-5H3;7-10,14-15H,3-6H2,1-2H3;5H,2-4,6H2,1H3;2*2-5,9-10H,1H3;5H,4H2,1-3H3. The van der Waals surface area contributed by atoms with Gasteiger partial charge in [0, 0.05) is 17.4 Å². The molecule has 4 aromatic carbocycles. The molecule has 0 bridgehead atoms. The van der Waals surface area contributed by atoms with E-state index < -0.39 is 14.2 Å². The van der Waals surface area contributed by atoms with Crippen LogP contribution in [-0.4, -0.2) is 71.1 Å². The van der Waals surface area contributed by atoms with Crippen LogP contribution in [0.4, 0.5) is 0 Å². The van der Waals surface area contributed by atoms with Crippen molar-refractivity contribution in [1.82, 2.24) is 0 Å². The summed E-state index contributed by atoms with van der Waals surface area (Å²) in [6.07, 6.45) is 13.3. The zero-order chi connectivity index (χ0) is 53.7. The van der Waals surface area contributed by atoms with Crippen molar-refractivity contribution in [2.24, 2.45) is 5.92 Å². The SMILES string of the molecule is CC(=O)C1=CCCCC1.CC(=O)C1CCCCC1c1ccc(C)cc1.CCOC(=O)C=C(C)C.CCOC(=O)CC(C)(C)c1ccc(C)cc1C.Cc1ccc(B(O)O)cc1.Cc1ccc(B(O)O)cc1. The first-order valence-corrected chi connectivity index (χ1v) is 25.1. The lowest BCUT2D eigenvalue weighted by molar-refractivity contribution is -0.144. The van der Waals surface area contributed by atoms with Crippen LogP contribution >= 0.6 is 0 Å². The van der Waals surface area contributed by atoms with Gasteiger partial charge in [0.1, 0.15) is 5.78 Å². The van der Waals surface area contributed by atoms with Crippen LogP contribution in [0.5, 0.6) is 0 Å². The minimum absolute atomic E-state index is 0.127. The maximum Gasteiger partial charge on any atom is 0.488 e. The Morgan fingerprint density at radius 1 is 0.634 bits per heavy atom. The van der Waals surface area contributed by atoms with Crippen molar-refractivity contribution in [3.63, 3.8) is 0 Å². The Bertz CT molecular complexity index is 2210. The van der Waals surface area contributed by atoms with E-state index in [0.717, 1.165) is 41.5 Å². The fraction of sp³-hybridized carbons (Fsp3) is 0.458. The summed E-state index contributed by atoms with van der Waals surface area (Å²) in [6.45, 7) is 26.0. The summed E-state index contributed by atoms with van der Waals surface area (Å²) in [5.41, 5.74) is 11.5. The van der Waals surface area contributed by atoms with Gasteiger partial charge in [-0.2, -0.15) is 0 Å². The highest BCUT2D eigenvalue weighted by Gasteiger charge is 2.29. The Labute approximate surface area is 427 Å². The molecule has 6 rings (SSSR count). The number of aryl methyl sites for hydroxylation is 5. The van der Waals surface area contributed by atoms with Gasteiger partial charge in [-0.1, -0.05) is 152 Å². The highest BCUT2D eigenvalue weighted by atomic mass is 16.5. The number of rotatable bonds is 11. The zero-order valence-electron chi connectivity index (χ0n) is 45.1. The predicted octanol–water partition coefficient (Wildman–Crippen LogP) is 10.3. The van der Waals surface area contributed by atoms with Crippen molar-refractivity contribution in [2.45, 2.75) is 159 Å². The van der Waals surface area contributed by atoms with Gasteiger partial charge >= 0.3 is 26.2 Å². The molecule has 0 aromatic heterocycles. The van der Waals surface area contributed by atoms with Gasteiger partial charge < -0.3 is 29.6 Å². The van der Waals surface area contributed by atoms with Gasteiger partial charge in [-0.3, -0.25) is 14.4 Å². The largest absolute Gasteiger partial charge is 0.488 e. The number of ketones is 2. The fourth-order valence-electron chi connectivity index (χ4n) is 8.13. The normalized spacial score (nSPS) is 14.6. The number of carbonyl (C=O) groups excluding carboxylic acids is 4. The molecule has 0 saturated heterocycles. The molecule has 2 aliphatic rings. The van der Waals surface area contributed by atoms with Gasteiger partial charge in [-0.05, 0) is 154 Å². The Morgan fingerprint density at radius 2 is 1.11 bits per heavy atom. The monoisotopic (exact) mass is 975 g/mol. The molecule has 2 atom stereocenters. The molecule has 71 heavy (non-hydrogen) atoms. The Hall–Kier alpha value is -5.39. The number of esters is 2. The van der Waals surface area contributed by atoms with Gasteiger partial charge in [0.25, 0.3) is 0 Å². The summed E-state index contributed by atoms with van der Waals surface area (Å²) in [5, 5.41) is 34.7. The maximum atomic E-state index is 11.6. The Balaban J connectivity index is 0.000000435. The van der Waals surface area contributed by atoms with Gasteiger partial charge in [-0.25, -0.2) is 4.79 Å². The highest BCUT2D eigenvalue weighted by Crippen LogP contribution is 2.38. The smallest absolute Gasteiger partial charge is 0.466 e. The zero-order valence-corrected chi connectivity index (χ0v) is 45.1. The van der Waals surface area contributed by atoms with Crippen molar-refractivity contribution >= 4 is 48.7 Å². The third-order valence-corrected chi connectivity index (χ3v) is 12.0. The number of ether oxygens (including phenoxy) is 2. The summed E-state index contributed by atoms with van der Waals surface area (Å²) in [7, 11) is -2.69. The van der Waals surface area contributed by atoms with Crippen LogP contribution in [0.1, 0.15) is 158 Å². The summed E-state index contributed by atoms with van der Waals surface area (Å²) in [5.74, 6) is 0.971. The molecule has 12 heteroatoms. The minimum Gasteiger partial charge on any atom is -0.466 e. The fourth-order valence-corrected chi connectivity index (χ4v) is 8.13. The van der Waals surface area contributed by atoms with Crippen molar-refractivity contribution in [3.05, 3.63) is 153 Å². The van der Waals surface area contributed by atoms with Crippen LogP contribution < -0.4 is 10.9 Å². The average Bonchev–Trinajstić information content (AvgIpc) is 3.30. The lowest BCUT2D eigenvalue weighted by Crippen LogP contribution is -2.29. The molecule has 0 radical (unpaired) electrons. The third-order valence-electron chi connectivity index (χ3n) is 12.0. The summed E-state index contributed by atoms with van der Waals surface area (Å²) < 4.78 is 9.66. The van der Waals surface area contributed by atoms with Gasteiger partial charge in [-0.15, -0.1) is 0 Å². The quantitative estimate of drug-likeness (QED) is 0.0645. The molecule has 2 aliphatic carbocycles. The molecule has 10 nitrogen and oxygen atoms in total. The van der Waals surface area contributed by atoms with Crippen LogP contribution in [0.2, 0.25) is 0 Å². The molecule has 4 aromatic rings. The van der Waals surface area contributed by atoms with E-state index in [4.69, 9.17) is 24.8 Å². The summed E-state index contributed by atoms with van der Waals surface area (Å²) in [6, 6.07) is 29.2. The molecule has 386 valence electrons. The number of hydrogen-bond donors (Lipinski definition) is 4. The molecule has 2 unspecified atom stereocenters. The molecule has 1 fully saturated rings. The average molecular weight is 975 g/mol. The molecular formula is C59H84B2O10. The molecule has 4 N–H and O–H groups in total. The number of benzene rings is 4. The topological polar surface area (TPSA) is 168 Å². The van der Waals surface area contributed by atoms with Gasteiger partial charge in [0.15, 0.2) is 5.78 Å². The number of Topliss-reactive ketones (excluding diaryl/α,β-unsaturated/α-hetero) is 2. The Morgan fingerprint density at radius 3 is 1.51 bits per heavy atom. The lowest BCUT2D eigenvalue weighted by Gasteiger charge is -2.30. The summed E-state index contributed by atoms with van der Waals surface area (Å²) in [4.78, 5) is 44.5. The number of carbonyl (C=O) groups is 4. The highest BCUT2D eigenvalue weighted by molar-refractivity contribution is 6.58. The van der Waals surface area contributed by atoms with Crippen molar-refractivity contribution in [1.29, 1.82) is 0 Å². The first kappa shape index (κ1) is 63.6. The second kappa shape index (κ2) is 34.1. The van der Waals surface area contributed by atoms with Crippen molar-refractivity contribution in [2.75, 3.05) is 13.2 Å². The number of allylic oxidation sites excluding steroid dienone is 3. The molecule has 1 saturated carbocycles. The van der Waals surface area contributed by atoms with Crippen molar-refractivity contribution < 1.29 is 48.7 Å². The lowest BCUT2D eigenvalue weighted by atomic mass is 9.74. The molecule has 0 spiro atoms. The van der Waals surface area contributed by atoms with Crippen LogP contribution in [0.25, 0.3) is 0 Å². The van der Waals surface area contributed by atoms with Crippen LogP contribution in [0.15, 0.2) is 114 Å². The predicted molar refractivity (Wildman–Crippen MR) is 292 cm³/mol. The minimum atomic E-state index is -1.35. The van der Waals surface area contributed by atoms with E-state index >= 15 is 0 Å². The van der Waals surface area contributed by atoms with Crippen LogP contribution in [0.3, 0.4) is 0 Å². The summed E-state index contributed by atoms with van der Waals surface area (Å²) >= 11 is 0.